The van der Waals surface area contributed by atoms with Gasteiger partial charge in [0.25, 0.3) is 5.91 Å². The van der Waals surface area contributed by atoms with Crippen molar-refractivity contribution in [2.45, 2.75) is 33.8 Å². The first kappa shape index (κ1) is 17.1. The lowest BCUT2D eigenvalue weighted by molar-refractivity contribution is 0.0377. The number of ether oxygens (including phenoxy) is 1. The molecule has 1 N–H and O–H groups in total. The van der Waals surface area contributed by atoms with Crippen LogP contribution in [0.25, 0.3) is 4.96 Å². The van der Waals surface area contributed by atoms with Gasteiger partial charge in [0.15, 0.2) is 0 Å². The Kier molecular flexibility index (Phi) is 4.54. The Labute approximate surface area is 148 Å². The molecular formula is C17H18N4O3S. The number of thiazole rings is 1. The molecule has 0 saturated heterocycles. The zero-order valence-corrected chi connectivity index (χ0v) is 15.2. The molecule has 0 unspecified atom stereocenters. The normalized spacial score (nSPS) is 11.1. The van der Waals surface area contributed by atoms with Gasteiger partial charge in [-0.15, -0.1) is 10.2 Å². The Balaban J connectivity index is 1.83. The van der Waals surface area contributed by atoms with Crippen LogP contribution < -0.4 is 5.32 Å². The van der Waals surface area contributed by atoms with Gasteiger partial charge in [-0.2, -0.15) is 0 Å². The molecule has 7 nitrogen and oxygen atoms in total. The molecule has 3 aromatic rings. The number of esters is 1. The summed E-state index contributed by atoms with van der Waals surface area (Å²) < 4.78 is 7.02. The van der Waals surface area contributed by atoms with E-state index in [0.717, 1.165) is 11.5 Å². The lowest BCUT2D eigenvalue weighted by atomic mass is 10.2. The van der Waals surface area contributed by atoms with E-state index in [-0.39, 0.29) is 12.0 Å². The molecule has 0 fully saturated rings. The molecule has 1 aromatic carbocycles. The molecule has 0 aliphatic rings. The fourth-order valence-electron chi connectivity index (χ4n) is 2.47. The third-order valence-electron chi connectivity index (χ3n) is 3.56. The van der Waals surface area contributed by atoms with Crippen LogP contribution in [0, 0.1) is 13.8 Å². The van der Waals surface area contributed by atoms with Crippen LogP contribution in [0.15, 0.2) is 24.3 Å². The van der Waals surface area contributed by atoms with Crippen LogP contribution in [0.2, 0.25) is 0 Å². The zero-order valence-electron chi connectivity index (χ0n) is 14.4. The van der Waals surface area contributed by atoms with Gasteiger partial charge in [-0.1, -0.05) is 17.4 Å². The van der Waals surface area contributed by atoms with E-state index in [1.807, 2.05) is 18.2 Å². The number of amides is 1. The summed E-state index contributed by atoms with van der Waals surface area (Å²) in [5.74, 6) is 0.0709. The summed E-state index contributed by atoms with van der Waals surface area (Å²) in [5, 5.41) is 10.9. The highest BCUT2D eigenvalue weighted by Crippen LogP contribution is 2.24. The zero-order chi connectivity index (χ0) is 18.1. The molecule has 2 heterocycles. The monoisotopic (exact) mass is 358 g/mol. The standard InChI is InChI=1S/C17H18N4O3S/c1-9(2)24-16(23)12-6-5-7-13(8-12)18-15(22)14-10(3)21-11(4)19-20-17(21)25-14/h5-9H,1-4H3,(H,18,22). The fraction of sp³-hybridized carbons (Fsp3) is 0.294. The molecule has 2 aromatic heterocycles. The van der Waals surface area contributed by atoms with E-state index >= 15 is 0 Å². The van der Waals surface area contributed by atoms with Gasteiger partial charge in [0.2, 0.25) is 4.96 Å². The van der Waals surface area contributed by atoms with E-state index in [1.54, 1.807) is 38.1 Å². The van der Waals surface area contributed by atoms with Gasteiger partial charge >= 0.3 is 5.97 Å². The van der Waals surface area contributed by atoms with Gasteiger partial charge in [-0.3, -0.25) is 9.20 Å². The smallest absolute Gasteiger partial charge is 0.338 e. The predicted molar refractivity (Wildman–Crippen MR) is 95.3 cm³/mol. The van der Waals surface area contributed by atoms with Crippen molar-refractivity contribution in [2.75, 3.05) is 5.32 Å². The number of nitrogens with zero attached hydrogens (tertiary/aromatic N) is 3. The first-order valence-corrected chi connectivity index (χ1v) is 8.62. The Hall–Kier alpha value is -2.74. The van der Waals surface area contributed by atoms with E-state index in [4.69, 9.17) is 4.74 Å². The molecular weight excluding hydrogens is 340 g/mol. The average molecular weight is 358 g/mol. The number of nitrogens with one attached hydrogen (secondary N) is 1. The molecule has 0 bridgehead atoms. The third-order valence-corrected chi connectivity index (χ3v) is 4.69. The van der Waals surface area contributed by atoms with Crippen molar-refractivity contribution in [3.8, 4) is 0 Å². The summed E-state index contributed by atoms with van der Waals surface area (Å²) >= 11 is 1.28. The maximum atomic E-state index is 12.6. The third kappa shape index (κ3) is 3.39. The second kappa shape index (κ2) is 6.64. The second-order valence-corrected chi connectivity index (χ2v) is 6.85. The Bertz CT molecular complexity index is 958. The van der Waals surface area contributed by atoms with Gasteiger partial charge in [-0.25, -0.2) is 4.79 Å². The number of hydrogen-bond acceptors (Lipinski definition) is 6. The van der Waals surface area contributed by atoms with Crippen molar-refractivity contribution in [1.82, 2.24) is 14.6 Å². The SMILES string of the molecule is Cc1nnc2sc(C(=O)Nc3cccc(C(=O)OC(C)C)c3)c(C)n12. The number of carbonyl (C=O) groups excluding carboxylic acids is 2. The van der Waals surface area contributed by atoms with Gasteiger partial charge in [0, 0.05) is 11.4 Å². The largest absolute Gasteiger partial charge is 0.459 e. The number of aryl methyl sites for hydroxylation is 2. The van der Waals surface area contributed by atoms with Crippen LogP contribution in [-0.4, -0.2) is 32.6 Å². The van der Waals surface area contributed by atoms with Crippen molar-refractivity contribution >= 4 is 33.9 Å². The van der Waals surface area contributed by atoms with E-state index in [9.17, 15) is 9.59 Å². The first-order chi connectivity index (χ1) is 11.9. The Morgan fingerprint density at radius 3 is 2.68 bits per heavy atom. The van der Waals surface area contributed by atoms with Crippen LogP contribution in [0.5, 0.6) is 0 Å². The lowest BCUT2D eigenvalue weighted by Crippen LogP contribution is -2.14. The minimum absolute atomic E-state index is 0.201. The molecule has 0 spiro atoms. The number of benzene rings is 1. The van der Waals surface area contributed by atoms with E-state index in [1.165, 1.54) is 11.3 Å². The molecule has 130 valence electrons. The second-order valence-electron chi connectivity index (χ2n) is 5.87. The van der Waals surface area contributed by atoms with E-state index in [0.29, 0.717) is 21.1 Å². The molecule has 25 heavy (non-hydrogen) atoms. The Morgan fingerprint density at radius 1 is 1.24 bits per heavy atom. The topological polar surface area (TPSA) is 85.6 Å². The molecule has 0 radical (unpaired) electrons. The predicted octanol–water partition coefficient (Wildman–Crippen LogP) is 3.23. The summed E-state index contributed by atoms with van der Waals surface area (Å²) in [4.78, 5) is 25.8. The number of carbonyl (C=O) groups is 2. The van der Waals surface area contributed by atoms with Crippen molar-refractivity contribution in [1.29, 1.82) is 0 Å². The van der Waals surface area contributed by atoms with Gasteiger partial charge in [0.1, 0.15) is 10.7 Å². The van der Waals surface area contributed by atoms with Gasteiger partial charge < -0.3 is 10.1 Å². The molecule has 0 atom stereocenters. The van der Waals surface area contributed by atoms with Crippen LogP contribution >= 0.6 is 11.3 Å². The minimum atomic E-state index is -0.418. The van der Waals surface area contributed by atoms with Crippen LogP contribution in [0.4, 0.5) is 5.69 Å². The quantitative estimate of drug-likeness (QED) is 0.724. The highest BCUT2D eigenvalue weighted by Gasteiger charge is 2.19. The van der Waals surface area contributed by atoms with Crippen molar-refractivity contribution in [3.05, 3.63) is 46.2 Å². The van der Waals surface area contributed by atoms with Crippen molar-refractivity contribution in [3.63, 3.8) is 0 Å². The number of hydrogen-bond donors (Lipinski definition) is 1. The maximum Gasteiger partial charge on any atom is 0.338 e. The van der Waals surface area contributed by atoms with Crippen molar-refractivity contribution < 1.29 is 14.3 Å². The van der Waals surface area contributed by atoms with E-state index in [2.05, 4.69) is 15.5 Å². The summed E-state index contributed by atoms with van der Waals surface area (Å²) in [6.45, 7) is 7.27. The molecule has 0 aliphatic carbocycles. The number of fused-ring (bicyclic) bond motifs is 1. The lowest BCUT2D eigenvalue weighted by Gasteiger charge is -2.09. The number of anilines is 1. The van der Waals surface area contributed by atoms with Crippen LogP contribution in [0.1, 0.15) is 45.4 Å². The summed E-state index contributed by atoms with van der Waals surface area (Å²) in [6, 6.07) is 6.68. The first-order valence-electron chi connectivity index (χ1n) is 7.80. The molecule has 0 saturated carbocycles. The minimum Gasteiger partial charge on any atom is -0.459 e. The van der Waals surface area contributed by atoms with Crippen LogP contribution in [-0.2, 0) is 4.74 Å². The van der Waals surface area contributed by atoms with E-state index < -0.39 is 5.97 Å². The Morgan fingerprint density at radius 2 is 2.00 bits per heavy atom. The summed E-state index contributed by atoms with van der Waals surface area (Å²) in [5.41, 5.74) is 1.71. The molecule has 3 rings (SSSR count). The summed E-state index contributed by atoms with van der Waals surface area (Å²) in [6.07, 6.45) is -0.201. The molecule has 8 heteroatoms. The maximum absolute atomic E-state index is 12.6. The highest BCUT2D eigenvalue weighted by molar-refractivity contribution is 7.19. The summed E-state index contributed by atoms with van der Waals surface area (Å²) in [7, 11) is 0. The van der Waals surface area contributed by atoms with Gasteiger partial charge in [-0.05, 0) is 45.9 Å². The highest BCUT2D eigenvalue weighted by atomic mass is 32.1. The van der Waals surface area contributed by atoms with Crippen molar-refractivity contribution in [2.24, 2.45) is 0 Å². The molecule has 0 aliphatic heterocycles. The molecule has 1 amide bonds. The van der Waals surface area contributed by atoms with Crippen LogP contribution in [0.3, 0.4) is 0 Å². The number of aromatic nitrogens is 3. The number of rotatable bonds is 4. The van der Waals surface area contributed by atoms with Gasteiger partial charge in [0.05, 0.1) is 11.7 Å². The fourth-order valence-corrected chi connectivity index (χ4v) is 3.47. The average Bonchev–Trinajstić information content (AvgIpc) is 3.08.